The van der Waals surface area contributed by atoms with Crippen molar-refractivity contribution in [2.75, 3.05) is 12.3 Å². The van der Waals surface area contributed by atoms with Gasteiger partial charge < -0.3 is 20.7 Å². The Morgan fingerprint density at radius 3 is 2.90 bits per heavy atom. The van der Waals surface area contributed by atoms with E-state index in [0.717, 1.165) is 0 Å². The lowest BCUT2D eigenvalue weighted by molar-refractivity contribution is -0.115. The number of halogens is 1. The Morgan fingerprint density at radius 2 is 2.29 bits per heavy atom. The highest BCUT2D eigenvalue weighted by Crippen LogP contribution is 2.43. The summed E-state index contributed by atoms with van der Waals surface area (Å²) in [5.74, 6) is 0.161. The Labute approximate surface area is 119 Å². The molecule has 0 saturated carbocycles. The molecule has 0 amide bonds. The van der Waals surface area contributed by atoms with E-state index in [-0.39, 0.29) is 17.9 Å². The van der Waals surface area contributed by atoms with Gasteiger partial charge in [0.15, 0.2) is 17.6 Å². The Bertz CT molecular complexity index is 659. The van der Waals surface area contributed by atoms with E-state index in [1.807, 2.05) is 0 Å². The van der Waals surface area contributed by atoms with Crippen molar-refractivity contribution in [3.05, 3.63) is 18.2 Å². The molecule has 0 spiro atoms. The maximum Gasteiger partial charge on any atom is 0.196 e. The van der Waals surface area contributed by atoms with Crippen molar-refractivity contribution in [3.63, 3.8) is 0 Å². The summed E-state index contributed by atoms with van der Waals surface area (Å²) >= 11 is 0. The number of imidazole rings is 1. The monoisotopic (exact) mass is 297 g/mol. The number of rotatable bonds is 3. The molecule has 4 unspecified atom stereocenters. The molecule has 114 valence electrons. The van der Waals surface area contributed by atoms with Gasteiger partial charge in [0.2, 0.25) is 0 Å². The van der Waals surface area contributed by atoms with Crippen LogP contribution in [0.5, 0.6) is 0 Å². The standard InChI is InChI=1S/C12H16FN5O3/c1-2-12(4-19)9(20)7(13)8(21-12)6-3-15-11-10(14)16-5-17-18(6)11/h3,5,7-9,19-20H,2,4H2,1H3,(H2,14,16,17). The topological polar surface area (TPSA) is 119 Å². The molecule has 0 radical (unpaired) electrons. The smallest absolute Gasteiger partial charge is 0.196 e. The van der Waals surface area contributed by atoms with Gasteiger partial charge in [-0.1, -0.05) is 6.92 Å². The third-order valence-corrected chi connectivity index (χ3v) is 4.01. The van der Waals surface area contributed by atoms with Crippen LogP contribution in [0.1, 0.15) is 25.1 Å². The van der Waals surface area contributed by atoms with Crippen molar-refractivity contribution in [2.24, 2.45) is 0 Å². The summed E-state index contributed by atoms with van der Waals surface area (Å²) in [6.45, 7) is 1.23. The molecule has 0 aliphatic carbocycles. The fraction of sp³-hybridized carbons (Fsp3) is 0.583. The van der Waals surface area contributed by atoms with Gasteiger partial charge >= 0.3 is 0 Å². The maximum atomic E-state index is 14.4. The van der Waals surface area contributed by atoms with Crippen molar-refractivity contribution in [2.45, 2.75) is 37.3 Å². The molecule has 1 fully saturated rings. The van der Waals surface area contributed by atoms with Gasteiger partial charge in [-0.15, -0.1) is 0 Å². The predicted octanol–water partition coefficient (Wildman–Crippen LogP) is -0.382. The quantitative estimate of drug-likeness (QED) is 0.706. The average molecular weight is 297 g/mol. The minimum atomic E-state index is -1.70. The molecule has 2 aromatic heterocycles. The number of alkyl halides is 1. The number of nitrogen functional groups attached to an aromatic ring is 1. The molecule has 1 aliphatic heterocycles. The summed E-state index contributed by atoms with van der Waals surface area (Å²) < 4.78 is 21.4. The fourth-order valence-electron chi connectivity index (χ4n) is 2.65. The Hall–Kier alpha value is -1.84. The Balaban J connectivity index is 2.06. The van der Waals surface area contributed by atoms with Crippen LogP contribution in [0.3, 0.4) is 0 Å². The first kappa shape index (κ1) is 14.1. The second-order valence-electron chi connectivity index (χ2n) is 5.07. The first-order valence-electron chi connectivity index (χ1n) is 6.59. The molecule has 0 bridgehead atoms. The molecule has 1 saturated heterocycles. The van der Waals surface area contributed by atoms with Crippen LogP contribution in [0.15, 0.2) is 12.5 Å². The molecule has 3 rings (SSSR count). The number of nitrogens with zero attached hydrogens (tertiary/aromatic N) is 4. The third kappa shape index (κ3) is 1.88. The summed E-state index contributed by atoms with van der Waals surface area (Å²) in [7, 11) is 0. The number of aliphatic hydroxyl groups excluding tert-OH is 2. The lowest BCUT2D eigenvalue weighted by atomic mass is 9.93. The molecular formula is C12H16FN5O3. The van der Waals surface area contributed by atoms with Crippen molar-refractivity contribution >= 4 is 11.5 Å². The molecule has 4 atom stereocenters. The molecular weight excluding hydrogens is 281 g/mol. The minimum absolute atomic E-state index is 0.161. The number of ether oxygens (including phenoxy) is 1. The fourth-order valence-corrected chi connectivity index (χ4v) is 2.65. The Morgan fingerprint density at radius 1 is 1.52 bits per heavy atom. The molecule has 8 nitrogen and oxygen atoms in total. The van der Waals surface area contributed by atoms with Crippen molar-refractivity contribution in [3.8, 4) is 0 Å². The van der Waals surface area contributed by atoms with Gasteiger partial charge in [-0.2, -0.15) is 5.10 Å². The van der Waals surface area contributed by atoms with Crippen LogP contribution < -0.4 is 5.73 Å². The van der Waals surface area contributed by atoms with Crippen molar-refractivity contribution in [1.82, 2.24) is 19.6 Å². The van der Waals surface area contributed by atoms with Crippen LogP contribution in [0.2, 0.25) is 0 Å². The average Bonchev–Trinajstić information content (AvgIpc) is 3.02. The summed E-state index contributed by atoms with van der Waals surface area (Å²) in [5.41, 5.74) is 4.95. The predicted molar refractivity (Wildman–Crippen MR) is 70.0 cm³/mol. The first-order valence-corrected chi connectivity index (χ1v) is 6.59. The second-order valence-corrected chi connectivity index (χ2v) is 5.07. The lowest BCUT2D eigenvalue weighted by Gasteiger charge is -2.28. The van der Waals surface area contributed by atoms with Gasteiger partial charge in [-0.3, -0.25) is 0 Å². The highest BCUT2D eigenvalue weighted by molar-refractivity contribution is 5.58. The van der Waals surface area contributed by atoms with E-state index in [9.17, 15) is 14.6 Å². The highest BCUT2D eigenvalue weighted by Gasteiger charge is 2.55. The molecule has 9 heteroatoms. The number of aliphatic hydroxyl groups is 2. The van der Waals surface area contributed by atoms with E-state index in [0.29, 0.717) is 5.69 Å². The van der Waals surface area contributed by atoms with Gasteiger partial charge in [0.1, 0.15) is 24.1 Å². The van der Waals surface area contributed by atoms with Crippen LogP contribution in [0.4, 0.5) is 10.2 Å². The van der Waals surface area contributed by atoms with Crippen molar-refractivity contribution in [1.29, 1.82) is 0 Å². The van der Waals surface area contributed by atoms with E-state index < -0.39 is 30.6 Å². The van der Waals surface area contributed by atoms with Crippen LogP contribution in [0, 0.1) is 0 Å². The molecule has 2 aromatic rings. The Kier molecular flexibility index (Phi) is 3.27. The van der Waals surface area contributed by atoms with E-state index in [1.54, 1.807) is 6.92 Å². The lowest BCUT2D eigenvalue weighted by Crippen LogP contribution is -2.44. The third-order valence-electron chi connectivity index (χ3n) is 4.01. The molecule has 4 N–H and O–H groups in total. The SMILES string of the molecule is CCC1(CO)OC(c2cnc3c(N)ncnn23)C(F)C1O. The van der Waals surface area contributed by atoms with Gasteiger partial charge in [0, 0.05) is 0 Å². The van der Waals surface area contributed by atoms with Gasteiger partial charge in [0.25, 0.3) is 0 Å². The summed E-state index contributed by atoms with van der Waals surface area (Å²) in [6.07, 6.45) is -1.33. The van der Waals surface area contributed by atoms with Crippen LogP contribution in [-0.4, -0.2) is 54.3 Å². The summed E-state index contributed by atoms with van der Waals surface area (Å²) in [6, 6.07) is 0. The number of fused-ring (bicyclic) bond motifs is 1. The molecule has 0 aromatic carbocycles. The molecule has 3 heterocycles. The number of anilines is 1. The van der Waals surface area contributed by atoms with Gasteiger partial charge in [0.05, 0.1) is 18.5 Å². The van der Waals surface area contributed by atoms with E-state index >= 15 is 0 Å². The number of aromatic nitrogens is 4. The van der Waals surface area contributed by atoms with E-state index in [1.165, 1.54) is 17.0 Å². The number of hydrogen-bond donors (Lipinski definition) is 3. The highest BCUT2D eigenvalue weighted by atomic mass is 19.1. The molecule has 21 heavy (non-hydrogen) atoms. The summed E-state index contributed by atoms with van der Waals surface area (Å²) in [4.78, 5) is 7.85. The largest absolute Gasteiger partial charge is 0.393 e. The van der Waals surface area contributed by atoms with E-state index in [4.69, 9.17) is 10.5 Å². The second kappa shape index (κ2) is 4.86. The normalized spacial score (nSPS) is 32.9. The van der Waals surface area contributed by atoms with Crippen LogP contribution in [0.25, 0.3) is 5.65 Å². The van der Waals surface area contributed by atoms with Gasteiger partial charge in [-0.25, -0.2) is 18.9 Å². The number of nitrogens with two attached hydrogens (primary N) is 1. The van der Waals surface area contributed by atoms with E-state index in [2.05, 4.69) is 15.1 Å². The first-order chi connectivity index (χ1) is 10.0. The van der Waals surface area contributed by atoms with Crippen molar-refractivity contribution < 1.29 is 19.3 Å². The number of hydrogen-bond acceptors (Lipinski definition) is 7. The summed E-state index contributed by atoms with van der Waals surface area (Å²) in [5, 5.41) is 23.5. The molecule has 1 aliphatic rings. The maximum absolute atomic E-state index is 14.4. The minimum Gasteiger partial charge on any atom is -0.393 e. The van der Waals surface area contributed by atoms with Gasteiger partial charge in [-0.05, 0) is 6.42 Å². The zero-order chi connectivity index (χ0) is 15.2. The van der Waals surface area contributed by atoms with Crippen LogP contribution in [-0.2, 0) is 4.74 Å². The zero-order valence-electron chi connectivity index (χ0n) is 11.3. The zero-order valence-corrected chi connectivity index (χ0v) is 11.3. The van der Waals surface area contributed by atoms with Crippen LogP contribution >= 0.6 is 0 Å².